The normalized spacial score (nSPS) is 12.9. The second kappa shape index (κ2) is 56.7. The Morgan fingerprint density at radius 2 is 0.565 bits per heavy atom. The van der Waals surface area contributed by atoms with Gasteiger partial charge in [-0.05, 0) is 103 Å². The topological polar surface area (TPSA) is 78.9 Å². The average Bonchev–Trinajstić information content (AvgIpc) is 3.35. The van der Waals surface area contributed by atoms with Crippen molar-refractivity contribution in [3.8, 4) is 0 Å². The first-order valence-corrected chi connectivity index (χ1v) is 28.4. The minimum absolute atomic E-state index is 0.0878. The highest BCUT2D eigenvalue weighted by Gasteiger charge is 2.19. The molecule has 6 heteroatoms. The second-order valence-corrected chi connectivity index (χ2v) is 18.4. The summed E-state index contributed by atoms with van der Waals surface area (Å²) < 4.78 is 16.8. The first-order valence-electron chi connectivity index (χ1n) is 28.4. The van der Waals surface area contributed by atoms with Crippen LogP contribution in [-0.2, 0) is 28.6 Å². The van der Waals surface area contributed by atoms with E-state index in [9.17, 15) is 14.4 Å². The molecule has 0 amide bonds. The van der Waals surface area contributed by atoms with E-state index < -0.39 is 6.10 Å². The van der Waals surface area contributed by atoms with Gasteiger partial charge in [-0.1, -0.05) is 239 Å². The zero-order valence-electron chi connectivity index (χ0n) is 44.8. The predicted octanol–water partition coefficient (Wildman–Crippen LogP) is 19.1. The van der Waals surface area contributed by atoms with Crippen molar-refractivity contribution in [2.75, 3.05) is 13.2 Å². The molecule has 0 bridgehead atoms. The van der Waals surface area contributed by atoms with Crippen LogP contribution >= 0.6 is 0 Å². The third-order valence-corrected chi connectivity index (χ3v) is 11.8. The maximum atomic E-state index is 12.8. The van der Waals surface area contributed by atoms with Gasteiger partial charge in [0.1, 0.15) is 13.2 Å². The van der Waals surface area contributed by atoms with E-state index in [1.165, 1.54) is 70.6 Å². The largest absolute Gasteiger partial charge is 0.462 e. The zero-order valence-corrected chi connectivity index (χ0v) is 44.8. The Morgan fingerprint density at radius 1 is 0.304 bits per heavy atom. The highest BCUT2D eigenvalue weighted by atomic mass is 16.6. The molecule has 0 heterocycles. The predicted molar refractivity (Wildman–Crippen MR) is 297 cm³/mol. The van der Waals surface area contributed by atoms with Gasteiger partial charge in [0.25, 0.3) is 0 Å². The zero-order chi connectivity index (χ0) is 50.0. The highest BCUT2D eigenvalue weighted by molar-refractivity contribution is 5.71. The van der Waals surface area contributed by atoms with Crippen molar-refractivity contribution in [1.82, 2.24) is 0 Å². The van der Waals surface area contributed by atoms with Gasteiger partial charge in [0.2, 0.25) is 0 Å². The quantitative estimate of drug-likeness (QED) is 0.0262. The van der Waals surface area contributed by atoms with Gasteiger partial charge in [0.05, 0.1) is 0 Å². The lowest BCUT2D eigenvalue weighted by molar-refractivity contribution is -0.167. The van der Waals surface area contributed by atoms with Crippen LogP contribution in [0.5, 0.6) is 0 Å². The number of unbranched alkanes of at least 4 members (excludes halogenated alkanes) is 21. The molecular formula is C63H104O6. The summed E-state index contributed by atoms with van der Waals surface area (Å²) in [6.45, 7) is 6.37. The fourth-order valence-corrected chi connectivity index (χ4v) is 7.58. The molecule has 0 saturated carbocycles. The Bertz CT molecular complexity index is 1420. The van der Waals surface area contributed by atoms with Crippen molar-refractivity contribution in [3.63, 3.8) is 0 Å². The van der Waals surface area contributed by atoms with Gasteiger partial charge in [-0.25, -0.2) is 0 Å². The number of carbonyl (C=O) groups is 3. The summed E-state index contributed by atoms with van der Waals surface area (Å²) in [6.07, 6.45) is 76.5. The lowest BCUT2D eigenvalue weighted by atomic mass is 10.1. The molecule has 392 valence electrons. The summed E-state index contributed by atoms with van der Waals surface area (Å²) in [5, 5.41) is 0. The SMILES string of the molecule is CC/C=C\C/C=C\C/C=C\C/C=C\C/C=C\CCCCCCCC(=O)OCC(COC(=O)CCCCCCCCCCC)OC(=O)CCCCCCCCCC/C=C\C/C=C\C/C=C\C/C=C\CC. The van der Waals surface area contributed by atoms with Crippen molar-refractivity contribution in [2.45, 2.75) is 258 Å². The first-order chi connectivity index (χ1) is 34.0. The van der Waals surface area contributed by atoms with Crippen molar-refractivity contribution < 1.29 is 28.6 Å². The number of allylic oxidation sites excluding steroid dienone is 18. The lowest BCUT2D eigenvalue weighted by Crippen LogP contribution is -2.30. The Kier molecular flexibility index (Phi) is 53.4. The smallest absolute Gasteiger partial charge is 0.306 e. The molecule has 0 aliphatic carbocycles. The summed E-state index contributed by atoms with van der Waals surface area (Å²) in [6, 6.07) is 0. The molecule has 69 heavy (non-hydrogen) atoms. The number of hydrogen-bond acceptors (Lipinski definition) is 6. The van der Waals surface area contributed by atoms with Crippen molar-refractivity contribution in [1.29, 1.82) is 0 Å². The number of carbonyl (C=O) groups excluding carboxylic acids is 3. The summed E-state index contributed by atoms with van der Waals surface area (Å²) in [5.41, 5.74) is 0. The summed E-state index contributed by atoms with van der Waals surface area (Å²) in [4.78, 5) is 38.1. The third kappa shape index (κ3) is 54.9. The van der Waals surface area contributed by atoms with Gasteiger partial charge in [-0.15, -0.1) is 0 Å². The van der Waals surface area contributed by atoms with Gasteiger partial charge in [0, 0.05) is 19.3 Å². The minimum Gasteiger partial charge on any atom is -0.462 e. The van der Waals surface area contributed by atoms with E-state index in [1.54, 1.807) is 0 Å². The minimum atomic E-state index is -0.791. The van der Waals surface area contributed by atoms with E-state index >= 15 is 0 Å². The molecule has 1 atom stereocenters. The van der Waals surface area contributed by atoms with Gasteiger partial charge in [-0.3, -0.25) is 14.4 Å². The molecule has 0 aromatic rings. The van der Waals surface area contributed by atoms with Crippen LogP contribution in [0.15, 0.2) is 109 Å². The molecule has 0 aromatic heterocycles. The first kappa shape index (κ1) is 65.1. The second-order valence-electron chi connectivity index (χ2n) is 18.4. The van der Waals surface area contributed by atoms with E-state index in [0.717, 1.165) is 141 Å². The third-order valence-electron chi connectivity index (χ3n) is 11.8. The molecular weight excluding hydrogens is 853 g/mol. The standard InChI is InChI=1S/C63H104O6/c1-4-7-10-13-16-19-21-23-25-27-29-31-33-35-37-39-41-44-47-50-53-56-62(65)68-59-60(58-67-61(64)55-52-49-46-43-18-15-12-9-6-3)69-63(66)57-54-51-48-45-42-40-38-36-34-32-30-28-26-24-22-20-17-14-11-8-5-2/h7-8,10-11,16-17,19-20,23-26,29-32,35,37,60H,4-6,9,12-15,18,21-22,27-28,33-34,36,38-59H2,1-3H3/b10-7-,11-8-,19-16-,20-17-,25-23-,26-24-,31-29-,32-30-,37-35-. The van der Waals surface area contributed by atoms with Crippen LogP contribution in [0.1, 0.15) is 252 Å². The number of hydrogen-bond donors (Lipinski definition) is 0. The van der Waals surface area contributed by atoms with E-state index in [2.05, 4.69) is 130 Å². The van der Waals surface area contributed by atoms with Crippen molar-refractivity contribution in [2.24, 2.45) is 0 Å². The highest BCUT2D eigenvalue weighted by Crippen LogP contribution is 2.14. The summed E-state index contributed by atoms with van der Waals surface area (Å²) in [5.74, 6) is -0.918. The molecule has 0 N–H and O–H groups in total. The number of ether oxygens (including phenoxy) is 3. The summed E-state index contributed by atoms with van der Waals surface area (Å²) in [7, 11) is 0. The van der Waals surface area contributed by atoms with Gasteiger partial charge >= 0.3 is 17.9 Å². The van der Waals surface area contributed by atoms with E-state index in [-0.39, 0.29) is 31.1 Å². The molecule has 1 unspecified atom stereocenters. The van der Waals surface area contributed by atoms with E-state index in [0.29, 0.717) is 19.3 Å². The Morgan fingerprint density at radius 3 is 0.884 bits per heavy atom. The van der Waals surface area contributed by atoms with Crippen molar-refractivity contribution in [3.05, 3.63) is 109 Å². The van der Waals surface area contributed by atoms with Crippen LogP contribution in [0.4, 0.5) is 0 Å². The Balaban J connectivity index is 4.35. The van der Waals surface area contributed by atoms with Crippen LogP contribution in [-0.4, -0.2) is 37.2 Å². The molecule has 0 fully saturated rings. The molecule has 0 aromatic carbocycles. The van der Waals surface area contributed by atoms with Gasteiger partial charge < -0.3 is 14.2 Å². The lowest BCUT2D eigenvalue weighted by Gasteiger charge is -2.18. The van der Waals surface area contributed by atoms with E-state index in [4.69, 9.17) is 14.2 Å². The van der Waals surface area contributed by atoms with Gasteiger partial charge in [-0.2, -0.15) is 0 Å². The summed E-state index contributed by atoms with van der Waals surface area (Å²) >= 11 is 0. The molecule has 0 spiro atoms. The average molecular weight is 958 g/mol. The Hall–Kier alpha value is -3.93. The molecule has 0 aliphatic heterocycles. The number of rotatable bonds is 50. The fourth-order valence-electron chi connectivity index (χ4n) is 7.58. The Labute approximate surface area is 425 Å². The molecule has 6 nitrogen and oxygen atoms in total. The molecule has 0 rings (SSSR count). The van der Waals surface area contributed by atoms with Crippen LogP contribution in [0.25, 0.3) is 0 Å². The van der Waals surface area contributed by atoms with Crippen LogP contribution < -0.4 is 0 Å². The molecule has 0 radical (unpaired) electrons. The molecule has 0 saturated heterocycles. The van der Waals surface area contributed by atoms with Gasteiger partial charge in [0.15, 0.2) is 6.10 Å². The van der Waals surface area contributed by atoms with Crippen molar-refractivity contribution >= 4 is 17.9 Å². The van der Waals surface area contributed by atoms with Crippen LogP contribution in [0, 0.1) is 0 Å². The number of esters is 3. The fraction of sp³-hybridized carbons (Fsp3) is 0.667. The maximum Gasteiger partial charge on any atom is 0.306 e. The maximum absolute atomic E-state index is 12.8. The van der Waals surface area contributed by atoms with E-state index in [1.807, 2.05) is 0 Å². The van der Waals surface area contributed by atoms with Crippen LogP contribution in [0.3, 0.4) is 0 Å². The molecule has 0 aliphatic rings. The van der Waals surface area contributed by atoms with Crippen LogP contribution in [0.2, 0.25) is 0 Å². The monoisotopic (exact) mass is 957 g/mol.